The normalized spacial score (nSPS) is 13.3. The molecule has 3 rings (SSSR count). The van der Waals surface area contributed by atoms with Gasteiger partial charge in [0.25, 0.3) is 0 Å². The van der Waals surface area contributed by atoms with Gasteiger partial charge in [0.05, 0.1) is 11.4 Å². The van der Waals surface area contributed by atoms with Gasteiger partial charge >= 0.3 is 0 Å². The molecule has 1 aromatic carbocycles. The van der Waals surface area contributed by atoms with Crippen molar-refractivity contribution in [2.24, 2.45) is 0 Å². The summed E-state index contributed by atoms with van der Waals surface area (Å²) in [6, 6.07) is 5.80. The first-order chi connectivity index (χ1) is 9.63. The Bertz CT molecular complexity index is 664. The number of hydrogen-bond donors (Lipinski definition) is 0. The molecule has 0 saturated carbocycles. The number of ether oxygens (including phenoxy) is 2. The molecule has 4 nitrogen and oxygen atoms in total. The first-order valence-corrected chi connectivity index (χ1v) is 7.41. The van der Waals surface area contributed by atoms with Gasteiger partial charge in [0.15, 0.2) is 16.7 Å². The molecule has 0 fully saturated rings. The monoisotopic (exact) mass is 308 g/mol. The second-order valence-corrected chi connectivity index (χ2v) is 5.82. The van der Waals surface area contributed by atoms with Gasteiger partial charge in [0, 0.05) is 4.90 Å². The Kier molecular flexibility index (Phi) is 3.72. The van der Waals surface area contributed by atoms with Crippen molar-refractivity contribution in [1.82, 2.24) is 9.97 Å². The highest BCUT2D eigenvalue weighted by molar-refractivity contribution is 7.99. The van der Waals surface area contributed by atoms with Crippen molar-refractivity contribution in [1.29, 1.82) is 0 Å². The van der Waals surface area contributed by atoms with Crippen LogP contribution in [0.3, 0.4) is 0 Å². The summed E-state index contributed by atoms with van der Waals surface area (Å²) in [5.41, 5.74) is 1.73. The molecule has 1 aliphatic heterocycles. The summed E-state index contributed by atoms with van der Waals surface area (Å²) in [5.74, 6) is 1.53. The summed E-state index contributed by atoms with van der Waals surface area (Å²) < 4.78 is 11.1. The fourth-order valence-corrected chi connectivity index (χ4v) is 2.94. The van der Waals surface area contributed by atoms with Gasteiger partial charge in [0.1, 0.15) is 18.2 Å². The zero-order valence-electron chi connectivity index (χ0n) is 11.1. The second-order valence-electron chi connectivity index (χ2n) is 4.40. The maximum absolute atomic E-state index is 6.14. The summed E-state index contributed by atoms with van der Waals surface area (Å²) >= 11 is 7.61. The summed E-state index contributed by atoms with van der Waals surface area (Å²) in [7, 11) is 0. The van der Waals surface area contributed by atoms with Gasteiger partial charge in [-0.25, -0.2) is 9.97 Å². The Morgan fingerprint density at radius 3 is 2.55 bits per heavy atom. The molecular formula is C14H13ClN2O2S. The molecule has 1 aliphatic rings. The number of aryl methyl sites for hydroxylation is 2. The summed E-state index contributed by atoms with van der Waals surface area (Å²) in [4.78, 5) is 9.75. The van der Waals surface area contributed by atoms with Crippen LogP contribution in [0.5, 0.6) is 11.5 Å². The smallest absolute Gasteiger partial charge is 0.162 e. The lowest BCUT2D eigenvalue weighted by Gasteiger charge is -2.18. The van der Waals surface area contributed by atoms with Crippen molar-refractivity contribution < 1.29 is 9.47 Å². The molecule has 1 aromatic heterocycles. The number of halogens is 1. The molecule has 6 heteroatoms. The third-order valence-corrected chi connectivity index (χ3v) is 4.31. The lowest BCUT2D eigenvalue weighted by atomic mass is 10.3. The fraction of sp³-hybridized carbons (Fsp3) is 0.286. The van der Waals surface area contributed by atoms with Gasteiger partial charge in [-0.05, 0) is 32.0 Å². The zero-order valence-corrected chi connectivity index (χ0v) is 12.7. The molecule has 0 amide bonds. The lowest BCUT2D eigenvalue weighted by molar-refractivity contribution is 0.171. The number of aromatic nitrogens is 2. The minimum absolute atomic E-state index is 0.424. The van der Waals surface area contributed by atoms with Crippen molar-refractivity contribution >= 4 is 23.4 Å². The van der Waals surface area contributed by atoms with Gasteiger partial charge in [-0.1, -0.05) is 23.4 Å². The van der Waals surface area contributed by atoms with E-state index < -0.39 is 0 Å². The Morgan fingerprint density at radius 1 is 1.05 bits per heavy atom. The van der Waals surface area contributed by atoms with E-state index >= 15 is 0 Å². The van der Waals surface area contributed by atoms with Gasteiger partial charge in [0.2, 0.25) is 0 Å². The molecule has 0 N–H and O–H groups in total. The minimum Gasteiger partial charge on any atom is -0.486 e. The molecule has 20 heavy (non-hydrogen) atoms. The van der Waals surface area contributed by atoms with Crippen LogP contribution >= 0.6 is 23.4 Å². The molecule has 2 heterocycles. The van der Waals surface area contributed by atoms with E-state index in [0.717, 1.165) is 27.8 Å². The highest BCUT2D eigenvalue weighted by Crippen LogP contribution is 2.37. The Labute approximate surface area is 126 Å². The second kappa shape index (κ2) is 5.50. The maximum Gasteiger partial charge on any atom is 0.162 e. The topological polar surface area (TPSA) is 44.2 Å². The predicted molar refractivity (Wildman–Crippen MR) is 78.1 cm³/mol. The maximum atomic E-state index is 6.14. The molecule has 0 aliphatic carbocycles. The van der Waals surface area contributed by atoms with Crippen LogP contribution in [-0.4, -0.2) is 23.2 Å². The summed E-state index contributed by atoms with van der Waals surface area (Å²) in [5, 5.41) is 1.12. The highest BCUT2D eigenvalue weighted by atomic mass is 35.5. The van der Waals surface area contributed by atoms with E-state index in [1.807, 2.05) is 32.0 Å². The van der Waals surface area contributed by atoms with E-state index in [0.29, 0.717) is 23.4 Å². The number of benzene rings is 1. The van der Waals surface area contributed by atoms with Crippen LogP contribution in [0.2, 0.25) is 5.15 Å². The summed E-state index contributed by atoms with van der Waals surface area (Å²) in [6.07, 6.45) is 0. The Balaban J connectivity index is 1.89. The van der Waals surface area contributed by atoms with E-state index in [1.54, 1.807) is 0 Å². The molecule has 0 radical (unpaired) electrons. The number of rotatable bonds is 2. The van der Waals surface area contributed by atoms with E-state index in [2.05, 4.69) is 9.97 Å². The molecule has 0 spiro atoms. The minimum atomic E-state index is 0.424. The first-order valence-electron chi connectivity index (χ1n) is 6.22. The van der Waals surface area contributed by atoms with Gasteiger partial charge < -0.3 is 9.47 Å². The van der Waals surface area contributed by atoms with Crippen LogP contribution in [0, 0.1) is 13.8 Å². The van der Waals surface area contributed by atoms with E-state index in [9.17, 15) is 0 Å². The summed E-state index contributed by atoms with van der Waals surface area (Å²) in [6.45, 7) is 4.98. The van der Waals surface area contributed by atoms with Crippen molar-refractivity contribution in [2.75, 3.05) is 13.2 Å². The zero-order chi connectivity index (χ0) is 14.1. The Morgan fingerprint density at radius 2 is 1.75 bits per heavy atom. The van der Waals surface area contributed by atoms with Gasteiger partial charge in [-0.3, -0.25) is 0 Å². The van der Waals surface area contributed by atoms with E-state index in [4.69, 9.17) is 21.1 Å². The molecule has 0 bridgehead atoms. The van der Waals surface area contributed by atoms with Crippen LogP contribution in [-0.2, 0) is 0 Å². The quantitative estimate of drug-likeness (QED) is 0.847. The van der Waals surface area contributed by atoms with Crippen molar-refractivity contribution in [3.8, 4) is 11.5 Å². The standard InChI is InChI=1S/C14H13ClN2O2S/c1-8-9(2)17-14(13(15)16-8)20-10-3-4-11-12(7-10)19-6-5-18-11/h3-4,7H,5-6H2,1-2H3. The molecular weight excluding hydrogens is 296 g/mol. The van der Waals surface area contributed by atoms with E-state index in [-0.39, 0.29) is 0 Å². The largest absolute Gasteiger partial charge is 0.486 e. The highest BCUT2D eigenvalue weighted by Gasteiger charge is 2.14. The molecule has 0 unspecified atom stereocenters. The van der Waals surface area contributed by atoms with Crippen molar-refractivity contribution in [2.45, 2.75) is 23.8 Å². The van der Waals surface area contributed by atoms with Crippen LogP contribution in [0.4, 0.5) is 0 Å². The molecule has 104 valence electrons. The SMILES string of the molecule is Cc1nc(Cl)c(Sc2ccc3c(c2)OCCO3)nc1C. The number of fused-ring (bicyclic) bond motifs is 1. The van der Waals surface area contributed by atoms with Crippen LogP contribution < -0.4 is 9.47 Å². The van der Waals surface area contributed by atoms with Gasteiger partial charge in [-0.2, -0.15) is 0 Å². The number of hydrogen-bond acceptors (Lipinski definition) is 5. The van der Waals surface area contributed by atoms with Crippen molar-refractivity contribution in [3.63, 3.8) is 0 Å². The molecule has 0 saturated heterocycles. The first kappa shape index (κ1) is 13.5. The average Bonchev–Trinajstić information content (AvgIpc) is 2.44. The Hall–Kier alpha value is -1.46. The third-order valence-electron chi connectivity index (χ3n) is 2.96. The third kappa shape index (κ3) is 2.69. The van der Waals surface area contributed by atoms with Crippen LogP contribution in [0.15, 0.2) is 28.1 Å². The van der Waals surface area contributed by atoms with Crippen LogP contribution in [0.1, 0.15) is 11.4 Å². The molecule has 2 aromatic rings. The fourth-order valence-electron chi connectivity index (χ4n) is 1.82. The predicted octanol–water partition coefficient (Wildman–Crippen LogP) is 3.67. The van der Waals surface area contributed by atoms with Crippen molar-refractivity contribution in [3.05, 3.63) is 34.7 Å². The molecule has 0 atom stereocenters. The van der Waals surface area contributed by atoms with E-state index in [1.165, 1.54) is 11.8 Å². The lowest BCUT2D eigenvalue weighted by Crippen LogP contribution is -2.15. The number of nitrogens with zero attached hydrogens (tertiary/aromatic N) is 2. The van der Waals surface area contributed by atoms with Gasteiger partial charge in [-0.15, -0.1) is 0 Å². The average molecular weight is 309 g/mol. The van der Waals surface area contributed by atoms with Crippen LogP contribution in [0.25, 0.3) is 0 Å².